The molecule has 1 saturated carbocycles. The van der Waals surface area contributed by atoms with Crippen LogP contribution in [0.3, 0.4) is 0 Å². The van der Waals surface area contributed by atoms with Crippen LogP contribution in [0.1, 0.15) is 36.0 Å². The molecule has 2 atom stereocenters. The molecule has 1 amide bonds. The van der Waals surface area contributed by atoms with Gasteiger partial charge in [-0.3, -0.25) is 9.48 Å². The Bertz CT molecular complexity index is 651. The molecule has 116 valence electrons. The molecule has 0 saturated heterocycles. The number of hydrogen-bond donors (Lipinski definition) is 2. The Kier molecular flexibility index (Phi) is 4.24. The van der Waals surface area contributed by atoms with Crippen molar-refractivity contribution < 1.29 is 9.90 Å². The fourth-order valence-electron chi connectivity index (χ4n) is 2.99. The molecule has 3 rings (SSSR count). The van der Waals surface area contributed by atoms with Crippen molar-refractivity contribution in [2.45, 2.75) is 37.8 Å². The number of nitrogens with one attached hydrogen (secondary N) is 1. The zero-order valence-corrected chi connectivity index (χ0v) is 12.7. The van der Waals surface area contributed by atoms with Crippen LogP contribution in [-0.2, 0) is 7.05 Å². The number of amides is 1. The van der Waals surface area contributed by atoms with E-state index < -0.39 is 6.10 Å². The van der Waals surface area contributed by atoms with Gasteiger partial charge in [0.15, 0.2) is 0 Å². The number of nitrogens with zero attached hydrogens (tertiary/aromatic N) is 2. The predicted octanol–water partition coefficient (Wildman–Crippen LogP) is 2.12. The lowest BCUT2D eigenvalue weighted by atomic mass is 9.92. The van der Waals surface area contributed by atoms with Crippen LogP contribution in [0.5, 0.6) is 0 Å². The monoisotopic (exact) mass is 299 g/mol. The topological polar surface area (TPSA) is 67.2 Å². The number of aryl methyl sites for hydroxylation is 1. The third-order valence-electron chi connectivity index (χ3n) is 4.17. The van der Waals surface area contributed by atoms with Crippen LogP contribution in [-0.4, -0.2) is 32.9 Å². The molecular formula is C17H21N3O2. The van der Waals surface area contributed by atoms with Gasteiger partial charge in [-0.05, 0) is 12.8 Å². The van der Waals surface area contributed by atoms with E-state index in [1.807, 2.05) is 30.3 Å². The molecule has 1 aromatic carbocycles. The first kappa shape index (κ1) is 14.8. The summed E-state index contributed by atoms with van der Waals surface area (Å²) in [5, 5.41) is 17.4. The van der Waals surface area contributed by atoms with Crippen LogP contribution in [0.25, 0.3) is 11.3 Å². The molecule has 2 unspecified atom stereocenters. The third kappa shape index (κ3) is 3.04. The van der Waals surface area contributed by atoms with Crippen LogP contribution in [0.15, 0.2) is 36.5 Å². The summed E-state index contributed by atoms with van der Waals surface area (Å²) in [5.74, 6) is -0.169. The minimum atomic E-state index is -0.449. The SMILES string of the molecule is Cn1cc(C(=O)NC2CCCCC2O)c(-c2ccccc2)n1. The fourth-order valence-corrected chi connectivity index (χ4v) is 2.99. The summed E-state index contributed by atoms with van der Waals surface area (Å²) < 4.78 is 1.65. The number of aliphatic hydroxyl groups excluding tert-OH is 1. The van der Waals surface area contributed by atoms with E-state index in [1.165, 1.54) is 0 Å². The van der Waals surface area contributed by atoms with Gasteiger partial charge >= 0.3 is 0 Å². The Morgan fingerprint density at radius 3 is 2.73 bits per heavy atom. The summed E-state index contributed by atoms with van der Waals surface area (Å²) in [6.45, 7) is 0. The molecule has 1 aromatic heterocycles. The second kappa shape index (κ2) is 6.32. The Labute approximate surface area is 130 Å². The quantitative estimate of drug-likeness (QED) is 0.912. The van der Waals surface area contributed by atoms with Crippen LogP contribution in [0.2, 0.25) is 0 Å². The molecule has 1 aliphatic rings. The molecule has 0 spiro atoms. The molecule has 1 aliphatic carbocycles. The van der Waals surface area contributed by atoms with Gasteiger partial charge in [-0.15, -0.1) is 0 Å². The Hall–Kier alpha value is -2.14. The van der Waals surface area contributed by atoms with Crippen molar-refractivity contribution in [2.75, 3.05) is 0 Å². The number of benzene rings is 1. The van der Waals surface area contributed by atoms with Gasteiger partial charge < -0.3 is 10.4 Å². The van der Waals surface area contributed by atoms with E-state index in [0.717, 1.165) is 31.2 Å². The molecule has 0 bridgehead atoms. The van der Waals surface area contributed by atoms with Crippen molar-refractivity contribution in [1.82, 2.24) is 15.1 Å². The third-order valence-corrected chi connectivity index (χ3v) is 4.17. The van der Waals surface area contributed by atoms with E-state index in [2.05, 4.69) is 10.4 Å². The van der Waals surface area contributed by atoms with E-state index in [1.54, 1.807) is 17.9 Å². The minimum absolute atomic E-state index is 0.162. The summed E-state index contributed by atoms with van der Waals surface area (Å²) >= 11 is 0. The molecule has 5 nitrogen and oxygen atoms in total. The summed E-state index contributed by atoms with van der Waals surface area (Å²) in [4.78, 5) is 12.6. The highest BCUT2D eigenvalue weighted by Gasteiger charge is 2.26. The van der Waals surface area contributed by atoms with Crippen molar-refractivity contribution in [3.8, 4) is 11.3 Å². The summed E-state index contributed by atoms with van der Waals surface area (Å²) in [5.41, 5.74) is 2.13. The number of rotatable bonds is 3. The normalized spacial score (nSPS) is 21.5. The first-order chi connectivity index (χ1) is 10.6. The van der Waals surface area contributed by atoms with Crippen molar-refractivity contribution in [3.05, 3.63) is 42.1 Å². The van der Waals surface area contributed by atoms with E-state index >= 15 is 0 Å². The van der Waals surface area contributed by atoms with Gasteiger partial charge in [0.25, 0.3) is 5.91 Å². The van der Waals surface area contributed by atoms with Crippen LogP contribution >= 0.6 is 0 Å². The molecule has 1 heterocycles. The summed E-state index contributed by atoms with van der Waals surface area (Å²) in [6.07, 6.45) is 4.93. The van der Waals surface area contributed by atoms with Gasteiger partial charge in [0.1, 0.15) is 5.69 Å². The number of aromatic nitrogens is 2. The highest BCUT2D eigenvalue weighted by Crippen LogP contribution is 2.23. The lowest BCUT2D eigenvalue weighted by Gasteiger charge is -2.28. The lowest BCUT2D eigenvalue weighted by molar-refractivity contribution is 0.0717. The Balaban J connectivity index is 1.84. The number of hydrogen-bond acceptors (Lipinski definition) is 3. The van der Waals surface area contributed by atoms with Crippen molar-refractivity contribution in [2.24, 2.45) is 7.05 Å². The molecule has 5 heteroatoms. The standard InChI is InChI=1S/C17H21N3O2/c1-20-11-13(16(19-20)12-7-3-2-4-8-12)17(22)18-14-9-5-6-10-15(14)21/h2-4,7-8,11,14-15,21H,5-6,9-10H2,1H3,(H,18,22). The highest BCUT2D eigenvalue weighted by molar-refractivity contribution is 6.00. The predicted molar refractivity (Wildman–Crippen MR) is 84.4 cm³/mol. The maximum Gasteiger partial charge on any atom is 0.255 e. The first-order valence-electron chi connectivity index (χ1n) is 7.73. The molecule has 0 radical (unpaired) electrons. The second-order valence-corrected chi connectivity index (χ2v) is 5.86. The van der Waals surface area contributed by atoms with Crippen molar-refractivity contribution >= 4 is 5.91 Å². The van der Waals surface area contributed by atoms with Gasteiger partial charge in [0.05, 0.1) is 17.7 Å². The fraction of sp³-hybridized carbons (Fsp3) is 0.412. The molecule has 0 aliphatic heterocycles. The van der Waals surface area contributed by atoms with Crippen LogP contribution < -0.4 is 5.32 Å². The average molecular weight is 299 g/mol. The molecule has 2 aromatic rings. The number of aliphatic hydroxyl groups is 1. The van der Waals surface area contributed by atoms with E-state index in [4.69, 9.17) is 0 Å². The van der Waals surface area contributed by atoms with Crippen LogP contribution in [0, 0.1) is 0 Å². The van der Waals surface area contributed by atoms with E-state index in [-0.39, 0.29) is 11.9 Å². The van der Waals surface area contributed by atoms with Gasteiger partial charge in [-0.1, -0.05) is 43.2 Å². The molecular weight excluding hydrogens is 278 g/mol. The van der Waals surface area contributed by atoms with Crippen molar-refractivity contribution in [3.63, 3.8) is 0 Å². The van der Waals surface area contributed by atoms with Gasteiger partial charge in [0.2, 0.25) is 0 Å². The Morgan fingerprint density at radius 1 is 1.27 bits per heavy atom. The number of carbonyl (C=O) groups is 1. The molecule has 22 heavy (non-hydrogen) atoms. The highest BCUT2D eigenvalue weighted by atomic mass is 16.3. The molecule has 1 fully saturated rings. The van der Waals surface area contributed by atoms with Gasteiger partial charge in [0, 0.05) is 18.8 Å². The summed E-state index contributed by atoms with van der Waals surface area (Å²) in [7, 11) is 1.80. The number of carbonyl (C=O) groups excluding carboxylic acids is 1. The zero-order valence-electron chi connectivity index (χ0n) is 12.7. The van der Waals surface area contributed by atoms with Gasteiger partial charge in [-0.25, -0.2) is 0 Å². The maximum absolute atomic E-state index is 12.6. The second-order valence-electron chi connectivity index (χ2n) is 5.86. The smallest absolute Gasteiger partial charge is 0.255 e. The maximum atomic E-state index is 12.6. The minimum Gasteiger partial charge on any atom is -0.391 e. The average Bonchev–Trinajstić information content (AvgIpc) is 2.92. The van der Waals surface area contributed by atoms with Gasteiger partial charge in [-0.2, -0.15) is 5.10 Å². The Morgan fingerprint density at radius 2 is 2.00 bits per heavy atom. The van der Waals surface area contributed by atoms with Crippen LogP contribution in [0.4, 0.5) is 0 Å². The zero-order chi connectivity index (χ0) is 15.5. The first-order valence-corrected chi connectivity index (χ1v) is 7.73. The summed E-state index contributed by atoms with van der Waals surface area (Å²) in [6, 6.07) is 9.51. The largest absolute Gasteiger partial charge is 0.391 e. The van der Waals surface area contributed by atoms with E-state index in [9.17, 15) is 9.90 Å². The lowest BCUT2D eigenvalue weighted by Crippen LogP contribution is -2.45. The molecule has 2 N–H and O–H groups in total. The van der Waals surface area contributed by atoms with E-state index in [0.29, 0.717) is 11.3 Å². The van der Waals surface area contributed by atoms with Crippen molar-refractivity contribution in [1.29, 1.82) is 0 Å².